The summed E-state index contributed by atoms with van der Waals surface area (Å²) in [5, 5.41) is 9.47. The maximum absolute atomic E-state index is 12.2. The molecule has 0 spiro atoms. The van der Waals surface area contributed by atoms with Crippen molar-refractivity contribution in [2.45, 2.75) is 225 Å². The Morgan fingerprint density at radius 1 is 0.488 bits per heavy atom. The molecule has 254 valence electrons. The number of aliphatic carboxylic acids is 1. The van der Waals surface area contributed by atoms with Gasteiger partial charge in [0, 0.05) is 6.42 Å². The second-order valence-electron chi connectivity index (χ2n) is 13.1. The van der Waals surface area contributed by atoms with Gasteiger partial charge in [0.2, 0.25) is 0 Å². The fraction of sp³-hybridized carbons (Fsp3) is 0.897. The van der Waals surface area contributed by atoms with Crippen LogP contribution in [0.2, 0.25) is 0 Å². The Bertz CT molecular complexity index is 614. The lowest BCUT2D eigenvalue weighted by Gasteiger charge is -2.13. The van der Waals surface area contributed by atoms with Crippen molar-refractivity contribution in [3.05, 3.63) is 12.2 Å². The van der Waals surface area contributed by atoms with Crippen molar-refractivity contribution in [2.75, 3.05) is 0 Å². The molecule has 0 heterocycles. The maximum atomic E-state index is 12.2. The number of carbonyl (C=O) groups excluding carboxylic acids is 1. The van der Waals surface area contributed by atoms with Crippen molar-refractivity contribution >= 4 is 11.9 Å². The minimum Gasteiger partial charge on any atom is -0.479 e. The number of carbonyl (C=O) groups is 2. The molecule has 4 nitrogen and oxygen atoms in total. The van der Waals surface area contributed by atoms with Gasteiger partial charge in [-0.2, -0.15) is 0 Å². The third kappa shape index (κ3) is 33.4. The first-order valence-corrected chi connectivity index (χ1v) is 19.2. The van der Waals surface area contributed by atoms with E-state index in [1.165, 1.54) is 154 Å². The molecule has 0 amide bonds. The number of esters is 1. The number of allylic oxidation sites excluding steroid dienone is 2. The summed E-state index contributed by atoms with van der Waals surface area (Å²) in [5.74, 6) is -1.35. The van der Waals surface area contributed by atoms with E-state index < -0.39 is 12.1 Å². The van der Waals surface area contributed by atoms with Gasteiger partial charge in [0.15, 0.2) is 6.10 Å². The predicted molar refractivity (Wildman–Crippen MR) is 186 cm³/mol. The number of hydrogen-bond donors (Lipinski definition) is 1. The predicted octanol–water partition coefficient (Wildman–Crippen LogP) is 13.1. The fourth-order valence-electron chi connectivity index (χ4n) is 5.85. The zero-order valence-corrected chi connectivity index (χ0v) is 29.0. The Kier molecular flexibility index (Phi) is 34.1. The molecule has 1 atom stereocenters. The standard InChI is InChI=1S/C39H74O4/c1-3-5-7-9-11-13-15-17-18-19-20-21-22-24-26-28-30-32-34-36-38(40)43-37(39(41)42)35-33-31-29-27-25-23-16-14-12-10-8-6-4-2/h17-18,37H,3-16,19-36H2,1-2H3,(H,41,42)/b18-17-. The Morgan fingerprint density at radius 2 is 0.814 bits per heavy atom. The molecule has 0 aromatic carbocycles. The van der Waals surface area contributed by atoms with Crippen LogP contribution in [0.1, 0.15) is 219 Å². The highest BCUT2D eigenvalue weighted by atomic mass is 16.6. The molecule has 0 aliphatic rings. The van der Waals surface area contributed by atoms with Gasteiger partial charge in [0.1, 0.15) is 0 Å². The molecule has 0 saturated heterocycles. The molecule has 0 fully saturated rings. The van der Waals surface area contributed by atoms with Crippen LogP contribution in [0.15, 0.2) is 12.2 Å². The highest BCUT2D eigenvalue weighted by Gasteiger charge is 2.21. The van der Waals surface area contributed by atoms with E-state index in [1.54, 1.807) is 0 Å². The number of carboxylic acids is 1. The van der Waals surface area contributed by atoms with Gasteiger partial charge < -0.3 is 9.84 Å². The zero-order chi connectivity index (χ0) is 31.5. The summed E-state index contributed by atoms with van der Waals surface area (Å²) in [6, 6.07) is 0. The molecule has 4 heteroatoms. The first kappa shape index (κ1) is 41.7. The highest BCUT2D eigenvalue weighted by molar-refractivity contribution is 5.77. The molecule has 43 heavy (non-hydrogen) atoms. The molecule has 0 rings (SSSR count). The van der Waals surface area contributed by atoms with E-state index in [9.17, 15) is 14.7 Å². The number of rotatable bonds is 35. The van der Waals surface area contributed by atoms with Crippen LogP contribution in [0.25, 0.3) is 0 Å². The van der Waals surface area contributed by atoms with Crippen LogP contribution in [-0.2, 0) is 14.3 Å². The van der Waals surface area contributed by atoms with Crippen LogP contribution in [-0.4, -0.2) is 23.1 Å². The SMILES string of the molecule is CCCCCCCC/C=C\CCCCCCCCCCCC(=O)OC(CCCCCCCCCCCCCCC)C(=O)O. The lowest BCUT2D eigenvalue weighted by atomic mass is 10.0. The molecule has 0 aliphatic heterocycles. The zero-order valence-electron chi connectivity index (χ0n) is 29.0. The topological polar surface area (TPSA) is 63.6 Å². The Hall–Kier alpha value is -1.32. The van der Waals surface area contributed by atoms with Crippen LogP contribution in [0.4, 0.5) is 0 Å². The second-order valence-corrected chi connectivity index (χ2v) is 13.1. The molecular formula is C39H74O4. The maximum Gasteiger partial charge on any atom is 0.345 e. The number of unbranched alkanes of at least 4 members (excludes halogenated alkanes) is 27. The van der Waals surface area contributed by atoms with Crippen LogP contribution >= 0.6 is 0 Å². The van der Waals surface area contributed by atoms with Crippen LogP contribution in [0.5, 0.6) is 0 Å². The number of carboxylic acid groups (broad SMARTS) is 1. The third-order valence-corrected chi connectivity index (χ3v) is 8.76. The van der Waals surface area contributed by atoms with Crippen LogP contribution in [0.3, 0.4) is 0 Å². The second kappa shape index (κ2) is 35.2. The van der Waals surface area contributed by atoms with Crippen LogP contribution < -0.4 is 0 Å². The van der Waals surface area contributed by atoms with Crippen molar-refractivity contribution in [3.8, 4) is 0 Å². The van der Waals surface area contributed by atoms with Crippen molar-refractivity contribution < 1.29 is 19.4 Å². The molecule has 0 bridgehead atoms. The van der Waals surface area contributed by atoms with Gasteiger partial charge in [-0.3, -0.25) is 4.79 Å². The van der Waals surface area contributed by atoms with Gasteiger partial charge in [-0.05, 0) is 44.9 Å². The minimum absolute atomic E-state index is 0.342. The van der Waals surface area contributed by atoms with E-state index in [0.717, 1.165) is 38.5 Å². The monoisotopic (exact) mass is 607 g/mol. The first-order valence-electron chi connectivity index (χ1n) is 19.2. The van der Waals surface area contributed by atoms with E-state index in [2.05, 4.69) is 26.0 Å². The van der Waals surface area contributed by atoms with E-state index in [-0.39, 0.29) is 5.97 Å². The number of hydrogen-bond acceptors (Lipinski definition) is 3. The van der Waals surface area contributed by atoms with Crippen LogP contribution in [0, 0.1) is 0 Å². The molecule has 0 aromatic heterocycles. The Labute approximate surface area is 268 Å². The summed E-state index contributed by atoms with van der Waals surface area (Å²) in [4.78, 5) is 23.7. The van der Waals surface area contributed by atoms with Gasteiger partial charge in [0.05, 0.1) is 0 Å². The fourth-order valence-corrected chi connectivity index (χ4v) is 5.85. The lowest BCUT2D eigenvalue weighted by molar-refractivity contribution is -0.164. The van der Waals surface area contributed by atoms with E-state index >= 15 is 0 Å². The smallest absolute Gasteiger partial charge is 0.345 e. The molecule has 1 unspecified atom stereocenters. The average molecular weight is 607 g/mol. The van der Waals surface area contributed by atoms with Gasteiger partial charge in [0.25, 0.3) is 0 Å². The molecule has 0 aliphatic carbocycles. The van der Waals surface area contributed by atoms with E-state index in [4.69, 9.17) is 4.74 Å². The average Bonchev–Trinajstić information content (AvgIpc) is 3.00. The quantitative estimate of drug-likeness (QED) is 0.0443. The summed E-state index contributed by atoms with van der Waals surface area (Å²) in [6.45, 7) is 4.53. The normalized spacial score (nSPS) is 12.2. The van der Waals surface area contributed by atoms with Crippen molar-refractivity contribution in [1.29, 1.82) is 0 Å². The van der Waals surface area contributed by atoms with Crippen molar-refractivity contribution in [2.24, 2.45) is 0 Å². The van der Waals surface area contributed by atoms with Gasteiger partial charge in [-0.1, -0.05) is 180 Å². The summed E-state index contributed by atoms with van der Waals surface area (Å²) in [6.07, 6.45) is 42.5. The third-order valence-electron chi connectivity index (χ3n) is 8.76. The summed E-state index contributed by atoms with van der Waals surface area (Å²) in [5.41, 5.74) is 0. The Balaban J connectivity index is 3.52. The van der Waals surface area contributed by atoms with E-state index in [1.807, 2.05) is 0 Å². The summed E-state index contributed by atoms with van der Waals surface area (Å²) in [7, 11) is 0. The Morgan fingerprint density at radius 3 is 1.19 bits per heavy atom. The van der Waals surface area contributed by atoms with Crippen molar-refractivity contribution in [1.82, 2.24) is 0 Å². The molecule has 0 radical (unpaired) electrons. The van der Waals surface area contributed by atoms with E-state index in [0.29, 0.717) is 12.8 Å². The highest BCUT2D eigenvalue weighted by Crippen LogP contribution is 2.16. The molecule has 0 saturated carbocycles. The summed E-state index contributed by atoms with van der Waals surface area (Å²) < 4.78 is 5.31. The first-order chi connectivity index (χ1) is 21.1. The molecule has 1 N–H and O–H groups in total. The summed E-state index contributed by atoms with van der Waals surface area (Å²) >= 11 is 0. The number of ether oxygens (including phenoxy) is 1. The van der Waals surface area contributed by atoms with Gasteiger partial charge >= 0.3 is 11.9 Å². The largest absolute Gasteiger partial charge is 0.479 e. The van der Waals surface area contributed by atoms with Gasteiger partial charge in [-0.15, -0.1) is 0 Å². The molecular weight excluding hydrogens is 532 g/mol. The lowest BCUT2D eigenvalue weighted by Crippen LogP contribution is -2.27. The van der Waals surface area contributed by atoms with Crippen molar-refractivity contribution in [3.63, 3.8) is 0 Å². The minimum atomic E-state index is -1.00. The molecule has 0 aromatic rings. The van der Waals surface area contributed by atoms with Gasteiger partial charge in [-0.25, -0.2) is 4.79 Å².